The minimum Gasteiger partial charge on any atom is -0.263 e. The number of nitrogens with zero attached hydrogens (tertiary/aromatic N) is 2. The maximum Gasteiger partial charge on any atom is 0.0432 e. The van der Waals surface area contributed by atoms with Gasteiger partial charge in [-0.1, -0.05) is 23.7 Å². The molecular formula is C24H20N2. The van der Waals surface area contributed by atoms with Crippen LogP contribution >= 0.6 is 0 Å². The Kier molecular flexibility index (Phi) is 5.16. The number of aromatic nitrogens is 2. The molecule has 0 spiro atoms. The van der Waals surface area contributed by atoms with Gasteiger partial charge < -0.3 is 0 Å². The quantitative estimate of drug-likeness (QED) is 0.565. The van der Waals surface area contributed by atoms with E-state index in [9.17, 15) is 0 Å². The zero-order valence-corrected chi connectivity index (χ0v) is 15.5. The number of rotatable bonds is 0. The van der Waals surface area contributed by atoms with Crippen molar-refractivity contribution in [3.63, 3.8) is 0 Å². The molecule has 2 heteroatoms. The molecule has 0 aliphatic rings. The Morgan fingerprint density at radius 2 is 0.962 bits per heavy atom. The van der Waals surface area contributed by atoms with E-state index in [-0.39, 0.29) is 0 Å². The van der Waals surface area contributed by atoms with Crippen molar-refractivity contribution in [1.29, 1.82) is 0 Å². The molecule has 0 N–H and O–H groups in total. The maximum absolute atomic E-state index is 4.12. The Morgan fingerprint density at radius 3 is 1.27 bits per heavy atom. The molecule has 0 aliphatic heterocycles. The second-order valence-electron chi connectivity index (χ2n) is 6.23. The van der Waals surface area contributed by atoms with Gasteiger partial charge in [-0.05, 0) is 74.2 Å². The van der Waals surface area contributed by atoms with Gasteiger partial charge in [-0.3, -0.25) is 9.97 Å². The molecule has 1 aromatic carbocycles. The van der Waals surface area contributed by atoms with E-state index in [4.69, 9.17) is 0 Å². The molecule has 2 nitrogen and oxygen atoms in total. The second-order valence-corrected chi connectivity index (χ2v) is 6.23. The molecule has 0 fully saturated rings. The van der Waals surface area contributed by atoms with Crippen molar-refractivity contribution < 1.29 is 0 Å². The lowest BCUT2D eigenvalue weighted by Gasteiger charge is -2.14. The van der Waals surface area contributed by atoms with Crippen LogP contribution in [0.25, 0.3) is 0 Å². The summed E-state index contributed by atoms with van der Waals surface area (Å²) in [4.78, 5) is 8.24. The van der Waals surface area contributed by atoms with Crippen LogP contribution in [0.3, 0.4) is 0 Å². The monoisotopic (exact) mass is 336 g/mol. The van der Waals surface area contributed by atoms with E-state index in [1.54, 1.807) is 24.8 Å². The van der Waals surface area contributed by atoms with Crippen molar-refractivity contribution in [2.75, 3.05) is 0 Å². The Balaban J connectivity index is 2.06. The molecule has 0 unspecified atom stereocenters. The SMILES string of the molecule is Cc1c(C)c(C#Cc2cccnc2)c(C)c(C)c1C#Cc1cccnc1. The highest BCUT2D eigenvalue weighted by atomic mass is 14.6. The van der Waals surface area contributed by atoms with E-state index in [0.29, 0.717) is 0 Å². The second kappa shape index (κ2) is 7.68. The van der Waals surface area contributed by atoms with E-state index in [2.05, 4.69) is 61.3 Å². The van der Waals surface area contributed by atoms with Crippen molar-refractivity contribution in [1.82, 2.24) is 9.97 Å². The van der Waals surface area contributed by atoms with E-state index in [1.807, 2.05) is 24.3 Å². The average molecular weight is 336 g/mol. The highest BCUT2D eigenvalue weighted by Crippen LogP contribution is 2.25. The first kappa shape index (κ1) is 17.5. The van der Waals surface area contributed by atoms with Gasteiger partial charge in [0.25, 0.3) is 0 Å². The summed E-state index contributed by atoms with van der Waals surface area (Å²) < 4.78 is 0. The number of hydrogen-bond donors (Lipinski definition) is 0. The molecule has 0 saturated heterocycles. The van der Waals surface area contributed by atoms with Gasteiger partial charge in [-0.25, -0.2) is 0 Å². The van der Waals surface area contributed by atoms with Crippen LogP contribution in [0.5, 0.6) is 0 Å². The topological polar surface area (TPSA) is 25.8 Å². The molecule has 0 atom stereocenters. The molecule has 0 amide bonds. The lowest BCUT2D eigenvalue weighted by molar-refractivity contribution is 1.20. The van der Waals surface area contributed by atoms with Crippen LogP contribution in [0.2, 0.25) is 0 Å². The lowest BCUT2D eigenvalue weighted by Crippen LogP contribution is -2.01. The summed E-state index contributed by atoms with van der Waals surface area (Å²) in [6.45, 7) is 8.46. The summed E-state index contributed by atoms with van der Waals surface area (Å²) in [6.07, 6.45) is 7.08. The lowest BCUT2D eigenvalue weighted by atomic mass is 9.89. The summed E-state index contributed by atoms with van der Waals surface area (Å²) >= 11 is 0. The van der Waals surface area contributed by atoms with E-state index >= 15 is 0 Å². The number of benzene rings is 1. The Morgan fingerprint density at radius 1 is 0.577 bits per heavy atom. The van der Waals surface area contributed by atoms with Crippen LogP contribution in [0.15, 0.2) is 49.1 Å². The summed E-state index contributed by atoms with van der Waals surface area (Å²) in [5.74, 6) is 13.1. The Hall–Kier alpha value is -3.36. The maximum atomic E-state index is 4.12. The standard InChI is InChI=1S/C24H20N2/c1-17-18(2)24(12-10-22-8-6-14-26-16-22)20(4)19(3)23(17)11-9-21-7-5-13-25-15-21/h5-8,13-16H,1-4H3. The molecule has 2 aromatic heterocycles. The molecular weight excluding hydrogens is 316 g/mol. The summed E-state index contributed by atoms with van der Waals surface area (Å²) in [5.41, 5.74) is 8.72. The average Bonchev–Trinajstić information content (AvgIpc) is 2.68. The molecule has 3 aromatic rings. The predicted octanol–water partition coefficient (Wildman–Crippen LogP) is 4.51. The van der Waals surface area contributed by atoms with Gasteiger partial charge in [-0.2, -0.15) is 0 Å². The van der Waals surface area contributed by atoms with Crippen LogP contribution < -0.4 is 0 Å². The van der Waals surface area contributed by atoms with Gasteiger partial charge in [0.1, 0.15) is 0 Å². The minimum absolute atomic E-state index is 0.919. The van der Waals surface area contributed by atoms with Crippen LogP contribution in [0.1, 0.15) is 44.5 Å². The molecule has 126 valence electrons. The first-order chi connectivity index (χ1) is 12.6. The van der Waals surface area contributed by atoms with Crippen molar-refractivity contribution in [3.05, 3.63) is 93.6 Å². The Labute approximate surface area is 155 Å². The van der Waals surface area contributed by atoms with Crippen LogP contribution in [-0.2, 0) is 0 Å². The highest BCUT2D eigenvalue weighted by molar-refractivity contribution is 5.62. The van der Waals surface area contributed by atoms with Gasteiger partial charge >= 0.3 is 0 Å². The fourth-order valence-electron chi connectivity index (χ4n) is 2.83. The van der Waals surface area contributed by atoms with E-state index < -0.39 is 0 Å². The number of hydrogen-bond acceptors (Lipinski definition) is 2. The summed E-state index contributed by atoms with van der Waals surface area (Å²) in [6, 6.07) is 7.74. The fourth-order valence-corrected chi connectivity index (χ4v) is 2.83. The zero-order chi connectivity index (χ0) is 18.5. The fraction of sp³-hybridized carbons (Fsp3) is 0.167. The van der Waals surface area contributed by atoms with Crippen molar-refractivity contribution in [2.45, 2.75) is 27.7 Å². The predicted molar refractivity (Wildman–Crippen MR) is 106 cm³/mol. The van der Waals surface area contributed by atoms with Gasteiger partial charge in [0.15, 0.2) is 0 Å². The van der Waals surface area contributed by atoms with Gasteiger partial charge in [-0.15, -0.1) is 0 Å². The van der Waals surface area contributed by atoms with E-state index in [1.165, 1.54) is 22.3 Å². The third-order valence-electron chi connectivity index (χ3n) is 4.61. The van der Waals surface area contributed by atoms with Crippen LogP contribution in [0, 0.1) is 51.4 Å². The van der Waals surface area contributed by atoms with Gasteiger partial charge in [0.2, 0.25) is 0 Å². The normalized spacial score (nSPS) is 9.69. The number of pyridine rings is 2. The summed E-state index contributed by atoms with van der Waals surface area (Å²) in [5, 5.41) is 0. The highest BCUT2D eigenvalue weighted by Gasteiger charge is 2.12. The molecule has 0 radical (unpaired) electrons. The van der Waals surface area contributed by atoms with Crippen LogP contribution in [0.4, 0.5) is 0 Å². The molecule has 26 heavy (non-hydrogen) atoms. The molecule has 0 saturated carbocycles. The molecule has 3 rings (SSSR count). The van der Waals surface area contributed by atoms with Crippen LogP contribution in [-0.4, -0.2) is 9.97 Å². The van der Waals surface area contributed by atoms with Gasteiger partial charge in [0, 0.05) is 47.0 Å². The Bertz CT molecular complexity index is 940. The van der Waals surface area contributed by atoms with Crippen molar-refractivity contribution in [2.24, 2.45) is 0 Å². The van der Waals surface area contributed by atoms with Crippen molar-refractivity contribution >= 4 is 0 Å². The molecule has 2 heterocycles. The minimum atomic E-state index is 0.919. The zero-order valence-electron chi connectivity index (χ0n) is 15.5. The smallest absolute Gasteiger partial charge is 0.0432 e. The molecule has 0 bridgehead atoms. The van der Waals surface area contributed by atoms with Crippen molar-refractivity contribution in [3.8, 4) is 23.7 Å². The van der Waals surface area contributed by atoms with Gasteiger partial charge in [0.05, 0.1) is 0 Å². The largest absolute Gasteiger partial charge is 0.263 e. The summed E-state index contributed by atoms with van der Waals surface area (Å²) in [7, 11) is 0. The third-order valence-corrected chi connectivity index (χ3v) is 4.61. The first-order valence-corrected chi connectivity index (χ1v) is 8.52. The third kappa shape index (κ3) is 3.66. The van der Waals surface area contributed by atoms with E-state index in [0.717, 1.165) is 22.3 Å². The first-order valence-electron chi connectivity index (χ1n) is 8.52. The molecule has 0 aliphatic carbocycles.